The number of unbranched alkanes of at least 4 members (excludes halogenated alkanes) is 9. The summed E-state index contributed by atoms with van der Waals surface area (Å²) >= 11 is 0. The molecule has 0 heterocycles. The van der Waals surface area contributed by atoms with Crippen LogP contribution in [0.1, 0.15) is 76.7 Å². The van der Waals surface area contributed by atoms with E-state index in [-0.39, 0.29) is 5.75 Å². The van der Waals surface area contributed by atoms with Crippen LogP contribution in [0.2, 0.25) is 0 Å². The fourth-order valence-corrected chi connectivity index (χ4v) is 4.37. The molecule has 2 aromatic rings. The maximum absolute atomic E-state index is 12.5. The van der Waals surface area contributed by atoms with Crippen molar-refractivity contribution in [2.24, 2.45) is 4.99 Å². The topological polar surface area (TPSA) is 49.7 Å². The molecule has 29 heavy (non-hydrogen) atoms. The Morgan fingerprint density at radius 1 is 0.793 bits per heavy atom. The van der Waals surface area contributed by atoms with Gasteiger partial charge in [0.25, 0.3) is 0 Å². The molecular formula is C25H35NO2S. The summed E-state index contributed by atoms with van der Waals surface area (Å²) in [5, 5.41) is 9.30. The number of phenolic OH excluding ortho intramolecular Hbond substituents is 1. The van der Waals surface area contributed by atoms with Gasteiger partial charge in [-0.3, -0.25) is 9.20 Å². The lowest BCUT2D eigenvalue weighted by atomic mass is 10.1. The quantitative estimate of drug-likeness (QED) is 0.263. The third-order valence-corrected chi connectivity index (χ3v) is 6.50. The molecule has 0 spiro atoms. The van der Waals surface area contributed by atoms with Gasteiger partial charge in [-0.1, -0.05) is 64.7 Å². The molecule has 0 aromatic heterocycles. The minimum absolute atomic E-state index is 0.247. The van der Waals surface area contributed by atoms with Crippen molar-refractivity contribution < 1.29 is 9.32 Å². The fourth-order valence-electron chi connectivity index (χ4n) is 3.23. The van der Waals surface area contributed by atoms with Crippen molar-refractivity contribution in [1.82, 2.24) is 0 Å². The summed E-state index contributed by atoms with van der Waals surface area (Å²) in [4.78, 5) is 5.31. The van der Waals surface area contributed by atoms with E-state index in [9.17, 15) is 9.32 Å². The molecule has 0 aliphatic rings. The van der Waals surface area contributed by atoms with Gasteiger partial charge in [0.1, 0.15) is 5.75 Å². The lowest BCUT2D eigenvalue weighted by Crippen LogP contribution is -1.98. The molecule has 2 rings (SSSR count). The van der Waals surface area contributed by atoms with Crippen LogP contribution in [0.15, 0.2) is 58.4 Å². The number of hydrogen-bond acceptors (Lipinski definition) is 3. The highest BCUT2D eigenvalue weighted by Crippen LogP contribution is 2.17. The van der Waals surface area contributed by atoms with Gasteiger partial charge in [0.2, 0.25) is 0 Å². The lowest BCUT2D eigenvalue weighted by molar-refractivity contribution is 0.475. The predicted octanol–water partition coefficient (Wildman–Crippen LogP) is 7.17. The van der Waals surface area contributed by atoms with Gasteiger partial charge in [-0.25, -0.2) is 0 Å². The monoisotopic (exact) mass is 413 g/mol. The molecule has 0 aliphatic heterocycles. The first-order valence-electron chi connectivity index (χ1n) is 11.0. The highest BCUT2D eigenvalue weighted by Gasteiger charge is 2.03. The Kier molecular flexibility index (Phi) is 11.4. The summed E-state index contributed by atoms with van der Waals surface area (Å²) in [5.41, 5.74) is 1.76. The number of hydrogen-bond donors (Lipinski definition) is 1. The maximum atomic E-state index is 12.5. The molecule has 0 amide bonds. The number of rotatable bonds is 14. The van der Waals surface area contributed by atoms with Crippen LogP contribution >= 0.6 is 0 Å². The molecule has 4 heteroatoms. The first-order valence-corrected chi connectivity index (χ1v) is 12.3. The molecule has 1 unspecified atom stereocenters. The van der Waals surface area contributed by atoms with Crippen molar-refractivity contribution in [3.63, 3.8) is 0 Å². The average molecular weight is 414 g/mol. The summed E-state index contributed by atoms with van der Waals surface area (Å²) in [5.74, 6) is 0.989. The van der Waals surface area contributed by atoms with Crippen molar-refractivity contribution >= 4 is 22.7 Å². The minimum Gasteiger partial charge on any atom is -0.508 e. The van der Waals surface area contributed by atoms with Gasteiger partial charge in [0.05, 0.1) is 16.5 Å². The van der Waals surface area contributed by atoms with Crippen LogP contribution in [0.3, 0.4) is 0 Å². The molecule has 0 saturated heterocycles. The minimum atomic E-state index is -0.927. The Labute approximate surface area is 178 Å². The van der Waals surface area contributed by atoms with Crippen LogP contribution in [0, 0.1) is 0 Å². The molecule has 0 aliphatic carbocycles. The molecule has 2 aromatic carbocycles. The molecule has 0 radical (unpaired) electrons. The van der Waals surface area contributed by atoms with Gasteiger partial charge in [0, 0.05) is 16.9 Å². The van der Waals surface area contributed by atoms with E-state index in [4.69, 9.17) is 0 Å². The van der Waals surface area contributed by atoms with E-state index >= 15 is 0 Å². The molecule has 0 bridgehead atoms. The van der Waals surface area contributed by atoms with Crippen LogP contribution in [-0.4, -0.2) is 21.3 Å². The van der Waals surface area contributed by atoms with E-state index < -0.39 is 10.8 Å². The highest BCUT2D eigenvalue weighted by atomic mass is 32.2. The molecule has 158 valence electrons. The van der Waals surface area contributed by atoms with E-state index in [2.05, 4.69) is 11.9 Å². The summed E-state index contributed by atoms with van der Waals surface area (Å²) in [6.45, 7) is 2.26. The van der Waals surface area contributed by atoms with Gasteiger partial charge in [0.15, 0.2) is 0 Å². The van der Waals surface area contributed by atoms with Crippen LogP contribution in [0.4, 0.5) is 5.69 Å². The number of aromatic hydroxyl groups is 1. The Morgan fingerprint density at radius 3 is 1.93 bits per heavy atom. The number of nitrogens with zero attached hydrogens (tertiary/aromatic N) is 1. The number of benzene rings is 2. The van der Waals surface area contributed by atoms with Crippen LogP contribution in [0.5, 0.6) is 5.75 Å². The molecule has 0 saturated carbocycles. The standard InChI is InChI=1S/C25H35NO2S/c1-2-3-4-5-6-7-8-9-10-11-20-29(28)25-18-14-23(15-19-25)26-21-22-12-16-24(27)17-13-22/h12-19,21,27H,2-11,20H2,1H3. The molecular weight excluding hydrogens is 378 g/mol. The third kappa shape index (κ3) is 9.89. The third-order valence-electron chi connectivity index (χ3n) is 5.04. The molecule has 1 atom stereocenters. The molecule has 1 N–H and O–H groups in total. The largest absolute Gasteiger partial charge is 0.508 e. The van der Waals surface area contributed by atoms with Crippen molar-refractivity contribution in [2.45, 2.75) is 76.0 Å². The van der Waals surface area contributed by atoms with E-state index in [1.807, 2.05) is 36.4 Å². The smallest absolute Gasteiger partial charge is 0.115 e. The van der Waals surface area contributed by atoms with Gasteiger partial charge in [-0.2, -0.15) is 0 Å². The second-order valence-corrected chi connectivity index (χ2v) is 9.15. The highest BCUT2D eigenvalue weighted by molar-refractivity contribution is 7.85. The second-order valence-electron chi connectivity index (χ2n) is 7.58. The Hall–Kier alpha value is -1.94. The SMILES string of the molecule is CCCCCCCCCCCCS(=O)c1ccc(N=Cc2ccc(O)cc2)cc1. The first-order chi connectivity index (χ1) is 14.2. The van der Waals surface area contributed by atoms with Gasteiger partial charge in [-0.15, -0.1) is 0 Å². The maximum Gasteiger partial charge on any atom is 0.115 e. The lowest BCUT2D eigenvalue weighted by Gasteiger charge is -2.04. The van der Waals surface area contributed by atoms with E-state index in [0.717, 1.165) is 28.3 Å². The zero-order valence-corrected chi connectivity index (χ0v) is 18.5. The molecule has 3 nitrogen and oxygen atoms in total. The van der Waals surface area contributed by atoms with Gasteiger partial charge >= 0.3 is 0 Å². The number of aliphatic imine (C=N–C) groups is 1. The zero-order chi connectivity index (χ0) is 20.7. The Bertz CT molecular complexity index is 738. The van der Waals surface area contributed by atoms with E-state index in [0.29, 0.717) is 0 Å². The normalized spacial score (nSPS) is 12.4. The van der Waals surface area contributed by atoms with Crippen molar-refractivity contribution in [2.75, 3.05) is 5.75 Å². The van der Waals surface area contributed by atoms with Crippen molar-refractivity contribution in [3.8, 4) is 5.75 Å². The van der Waals surface area contributed by atoms with Crippen molar-refractivity contribution in [1.29, 1.82) is 0 Å². The van der Waals surface area contributed by atoms with Crippen LogP contribution in [0.25, 0.3) is 0 Å². The van der Waals surface area contributed by atoms with E-state index in [1.54, 1.807) is 18.3 Å². The van der Waals surface area contributed by atoms with E-state index in [1.165, 1.54) is 57.8 Å². The summed E-state index contributed by atoms with van der Waals surface area (Å²) in [6.07, 6.45) is 14.7. The fraction of sp³-hybridized carbons (Fsp3) is 0.480. The molecule has 0 fully saturated rings. The van der Waals surface area contributed by atoms with Crippen molar-refractivity contribution in [3.05, 3.63) is 54.1 Å². The summed E-state index contributed by atoms with van der Waals surface area (Å²) < 4.78 is 12.5. The van der Waals surface area contributed by atoms with Crippen LogP contribution < -0.4 is 0 Å². The zero-order valence-electron chi connectivity index (χ0n) is 17.7. The predicted molar refractivity (Wildman–Crippen MR) is 125 cm³/mol. The van der Waals surface area contributed by atoms with Gasteiger partial charge in [-0.05, 0) is 60.5 Å². The van der Waals surface area contributed by atoms with Crippen LogP contribution in [-0.2, 0) is 10.8 Å². The Balaban J connectivity index is 1.62. The Morgan fingerprint density at radius 2 is 1.34 bits per heavy atom. The average Bonchev–Trinajstić information content (AvgIpc) is 2.75. The summed E-state index contributed by atoms with van der Waals surface area (Å²) in [7, 11) is -0.927. The summed E-state index contributed by atoms with van der Waals surface area (Å²) in [6, 6.07) is 14.5. The van der Waals surface area contributed by atoms with Gasteiger partial charge < -0.3 is 5.11 Å². The number of phenols is 1. The second kappa shape index (κ2) is 14.1. The first kappa shape index (κ1) is 23.3.